The van der Waals surface area contributed by atoms with Crippen molar-refractivity contribution >= 4 is 15.7 Å². The summed E-state index contributed by atoms with van der Waals surface area (Å²) >= 11 is 0. The fourth-order valence-electron chi connectivity index (χ4n) is 2.22. The highest BCUT2D eigenvalue weighted by molar-refractivity contribution is 7.89. The normalized spacial score (nSPS) is 18.6. The molecule has 21 heavy (non-hydrogen) atoms. The summed E-state index contributed by atoms with van der Waals surface area (Å²) in [7, 11) is -3.77. The van der Waals surface area contributed by atoms with Crippen LogP contribution in [0.5, 0.6) is 0 Å². The summed E-state index contributed by atoms with van der Waals surface area (Å²) in [6.45, 7) is 5.09. The minimum Gasteiger partial charge on any atom is -0.398 e. The van der Waals surface area contributed by atoms with Crippen molar-refractivity contribution in [1.29, 1.82) is 0 Å². The maximum Gasteiger partial charge on any atom is 0.240 e. The molecule has 118 valence electrons. The molecular formula is C14H21FN2O3S. The molecule has 1 aromatic rings. The Hall–Kier alpha value is -1.18. The van der Waals surface area contributed by atoms with Crippen molar-refractivity contribution in [3.05, 3.63) is 23.5 Å². The van der Waals surface area contributed by atoms with E-state index in [-0.39, 0.29) is 21.6 Å². The van der Waals surface area contributed by atoms with Gasteiger partial charge < -0.3 is 10.5 Å². The number of hydrogen-bond donors (Lipinski definition) is 2. The molecule has 0 radical (unpaired) electrons. The molecule has 0 saturated carbocycles. The average molecular weight is 316 g/mol. The van der Waals surface area contributed by atoms with E-state index in [9.17, 15) is 12.8 Å². The van der Waals surface area contributed by atoms with Gasteiger partial charge in [0, 0.05) is 31.0 Å². The van der Waals surface area contributed by atoms with Crippen molar-refractivity contribution in [3.63, 3.8) is 0 Å². The Balaban J connectivity index is 2.15. The predicted octanol–water partition coefficient (Wildman–Crippen LogP) is 1.81. The zero-order valence-corrected chi connectivity index (χ0v) is 13.1. The van der Waals surface area contributed by atoms with Gasteiger partial charge in [0.15, 0.2) is 0 Å². The number of nitrogen functional groups attached to an aromatic ring is 1. The Bertz CT molecular complexity index is 602. The van der Waals surface area contributed by atoms with Crippen molar-refractivity contribution in [3.8, 4) is 0 Å². The number of benzene rings is 1. The van der Waals surface area contributed by atoms with Gasteiger partial charge in [0.25, 0.3) is 0 Å². The predicted molar refractivity (Wildman–Crippen MR) is 78.9 cm³/mol. The molecule has 1 aliphatic heterocycles. The molecule has 5 nitrogen and oxygen atoms in total. The van der Waals surface area contributed by atoms with E-state index in [1.807, 2.05) is 6.92 Å². The molecule has 0 atom stereocenters. The fraction of sp³-hybridized carbons (Fsp3) is 0.571. The molecular weight excluding hydrogens is 295 g/mol. The van der Waals surface area contributed by atoms with Crippen LogP contribution in [0.2, 0.25) is 0 Å². The summed E-state index contributed by atoms with van der Waals surface area (Å²) in [6.07, 6.45) is 1.58. The number of halogens is 1. The van der Waals surface area contributed by atoms with E-state index in [1.54, 1.807) is 0 Å². The van der Waals surface area contributed by atoms with Gasteiger partial charge >= 0.3 is 0 Å². The van der Waals surface area contributed by atoms with Gasteiger partial charge in [0.05, 0.1) is 4.90 Å². The number of rotatable bonds is 4. The SMILES string of the molecule is Cc1c(N)cc(S(=O)(=O)NCC2(C)CCOCC2)cc1F. The minimum absolute atomic E-state index is 0.132. The third-order valence-corrected chi connectivity index (χ3v) is 5.44. The van der Waals surface area contributed by atoms with Crippen molar-refractivity contribution in [1.82, 2.24) is 4.72 Å². The minimum atomic E-state index is -3.77. The first-order valence-electron chi connectivity index (χ1n) is 6.87. The summed E-state index contributed by atoms with van der Waals surface area (Å²) in [5.74, 6) is -0.618. The molecule has 3 N–H and O–H groups in total. The third-order valence-electron chi connectivity index (χ3n) is 4.06. The number of hydrogen-bond acceptors (Lipinski definition) is 4. The van der Waals surface area contributed by atoms with Crippen LogP contribution >= 0.6 is 0 Å². The van der Waals surface area contributed by atoms with Crippen LogP contribution in [-0.4, -0.2) is 28.2 Å². The molecule has 1 aromatic carbocycles. The molecule has 0 aromatic heterocycles. The standard InChI is InChI=1S/C14H21FN2O3S/c1-10-12(15)7-11(8-13(10)16)21(18,19)17-9-14(2)3-5-20-6-4-14/h7-8,17H,3-6,9,16H2,1-2H3. The number of nitrogens with one attached hydrogen (secondary N) is 1. The number of anilines is 1. The number of nitrogens with two attached hydrogens (primary N) is 1. The third kappa shape index (κ3) is 3.72. The van der Waals surface area contributed by atoms with Crippen molar-refractivity contribution < 1.29 is 17.5 Å². The maximum absolute atomic E-state index is 13.7. The number of ether oxygens (including phenoxy) is 1. The lowest BCUT2D eigenvalue weighted by Gasteiger charge is -2.33. The lowest BCUT2D eigenvalue weighted by Crippen LogP contribution is -2.39. The molecule has 0 unspecified atom stereocenters. The van der Waals surface area contributed by atoms with E-state index in [2.05, 4.69) is 4.72 Å². The second-order valence-corrected chi connectivity index (χ2v) is 7.63. The summed E-state index contributed by atoms with van der Waals surface area (Å²) < 4.78 is 46.0. The molecule has 0 amide bonds. The van der Waals surface area contributed by atoms with Gasteiger partial charge in [-0.15, -0.1) is 0 Å². The van der Waals surface area contributed by atoms with E-state index >= 15 is 0 Å². The largest absolute Gasteiger partial charge is 0.398 e. The summed E-state index contributed by atoms with van der Waals surface area (Å²) in [6, 6.07) is 2.29. The van der Waals surface area contributed by atoms with Crippen molar-refractivity contribution in [2.45, 2.75) is 31.6 Å². The summed E-state index contributed by atoms with van der Waals surface area (Å²) in [5.41, 5.74) is 5.88. The van der Waals surface area contributed by atoms with Gasteiger partial charge in [0.1, 0.15) is 5.82 Å². The van der Waals surface area contributed by atoms with E-state index in [0.717, 1.165) is 18.9 Å². The first kappa shape index (κ1) is 16.2. The van der Waals surface area contributed by atoms with Crippen molar-refractivity contribution in [2.24, 2.45) is 5.41 Å². The van der Waals surface area contributed by atoms with Crippen LogP contribution in [0.25, 0.3) is 0 Å². The van der Waals surface area contributed by atoms with Gasteiger partial charge in [-0.2, -0.15) is 0 Å². The van der Waals surface area contributed by atoms with Gasteiger partial charge in [-0.25, -0.2) is 17.5 Å². The highest BCUT2D eigenvalue weighted by atomic mass is 32.2. The number of sulfonamides is 1. The monoisotopic (exact) mass is 316 g/mol. The molecule has 1 fully saturated rings. The van der Waals surface area contributed by atoms with E-state index in [0.29, 0.717) is 19.8 Å². The van der Waals surface area contributed by atoms with Gasteiger partial charge in [-0.05, 0) is 37.3 Å². The first-order valence-corrected chi connectivity index (χ1v) is 8.35. The van der Waals surface area contributed by atoms with Gasteiger partial charge in [-0.3, -0.25) is 0 Å². The summed E-state index contributed by atoms with van der Waals surface area (Å²) in [5, 5.41) is 0. The van der Waals surface area contributed by atoms with Gasteiger partial charge in [0.2, 0.25) is 10.0 Å². The van der Waals surface area contributed by atoms with Crippen molar-refractivity contribution in [2.75, 3.05) is 25.5 Å². The fourth-order valence-corrected chi connectivity index (χ4v) is 3.47. The molecule has 7 heteroatoms. The van der Waals surface area contributed by atoms with E-state index in [4.69, 9.17) is 10.5 Å². The lowest BCUT2D eigenvalue weighted by molar-refractivity contribution is 0.0265. The highest BCUT2D eigenvalue weighted by Gasteiger charge is 2.29. The molecule has 1 heterocycles. The molecule has 2 rings (SSSR count). The molecule has 1 aliphatic rings. The quantitative estimate of drug-likeness (QED) is 0.830. The van der Waals surface area contributed by atoms with Crippen LogP contribution in [0.3, 0.4) is 0 Å². The molecule has 0 aliphatic carbocycles. The van der Waals surface area contributed by atoms with E-state index < -0.39 is 15.8 Å². The first-order chi connectivity index (χ1) is 9.73. The Morgan fingerprint density at radius 1 is 1.38 bits per heavy atom. The molecule has 0 spiro atoms. The zero-order chi connectivity index (χ0) is 15.7. The molecule has 1 saturated heterocycles. The van der Waals surface area contributed by atoms with Crippen LogP contribution < -0.4 is 10.5 Å². The van der Waals surface area contributed by atoms with Crippen LogP contribution in [0.4, 0.5) is 10.1 Å². The highest BCUT2D eigenvalue weighted by Crippen LogP contribution is 2.29. The summed E-state index contributed by atoms with van der Waals surface area (Å²) in [4.78, 5) is -0.140. The topological polar surface area (TPSA) is 81.4 Å². The van der Waals surface area contributed by atoms with E-state index in [1.165, 1.54) is 13.0 Å². The average Bonchev–Trinajstić information content (AvgIpc) is 2.43. The second-order valence-electron chi connectivity index (χ2n) is 5.87. The maximum atomic E-state index is 13.7. The van der Waals surface area contributed by atoms with Crippen LogP contribution in [-0.2, 0) is 14.8 Å². The van der Waals surface area contributed by atoms with Gasteiger partial charge in [-0.1, -0.05) is 6.92 Å². The Morgan fingerprint density at radius 2 is 2.00 bits per heavy atom. The Kier molecular flexibility index (Phi) is 4.55. The lowest BCUT2D eigenvalue weighted by atomic mass is 9.83. The smallest absolute Gasteiger partial charge is 0.240 e. The second kappa shape index (κ2) is 5.90. The zero-order valence-electron chi connectivity index (χ0n) is 12.3. The molecule has 0 bridgehead atoms. The van der Waals surface area contributed by atoms with Crippen LogP contribution in [0.15, 0.2) is 17.0 Å². The van der Waals surface area contributed by atoms with Crippen LogP contribution in [0, 0.1) is 18.2 Å². The Labute approximate surface area is 124 Å². The Morgan fingerprint density at radius 3 is 2.57 bits per heavy atom. The van der Waals surface area contributed by atoms with Crippen LogP contribution in [0.1, 0.15) is 25.3 Å².